The van der Waals surface area contributed by atoms with Gasteiger partial charge in [-0.05, 0) is 31.6 Å². The van der Waals surface area contributed by atoms with Crippen molar-refractivity contribution in [3.8, 4) is 0 Å². The fourth-order valence-electron chi connectivity index (χ4n) is 2.41. The molecule has 1 saturated carbocycles. The van der Waals surface area contributed by atoms with Crippen molar-refractivity contribution >= 4 is 5.97 Å². The molecule has 0 amide bonds. The number of hydrogen-bond donors (Lipinski definition) is 1. The Kier molecular flexibility index (Phi) is 3.58. The maximum absolute atomic E-state index is 12.9. The van der Waals surface area contributed by atoms with Crippen molar-refractivity contribution in [1.29, 1.82) is 0 Å². The van der Waals surface area contributed by atoms with Gasteiger partial charge >= 0.3 is 5.97 Å². The van der Waals surface area contributed by atoms with Crippen LogP contribution >= 0.6 is 0 Å². The van der Waals surface area contributed by atoms with Gasteiger partial charge in [0.2, 0.25) is 0 Å². The molecular formula is C11H15F2N3O2. The predicted molar refractivity (Wildman–Crippen MR) is 58.6 cm³/mol. The van der Waals surface area contributed by atoms with E-state index in [1.54, 1.807) is 0 Å². The number of aromatic nitrogens is 3. The third kappa shape index (κ3) is 2.34. The molecule has 0 saturated heterocycles. The maximum atomic E-state index is 12.9. The standard InChI is InChI=1S/C11H15F2N3O2/c1-6-2-4-7(5-3-6)16-9(10(12)13)8(11(17)18)14-15-16/h6-7,10H,2-5H2,1H3,(H,17,18). The predicted octanol–water partition coefficient (Wildman–Crippen LogP) is 2.67. The molecule has 1 aromatic heterocycles. The molecule has 0 aromatic carbocycles. The molecule has 1 aliphatic carbocycles. The molecule has 1 aliphatic rings. The normalized spacial score (nSPS) is 24.4. The molecule has 0 spiro atoms. The smallest absolute Gasteiger partial charge is 0.358 e. The monoisotopic (exact) mass is 259 g/mol. The highest BCUT2D eigenvalue weighted by molar-refractivity contribution is 5.86. The molecule has 1 N–H and O–H groups in total. The van der Waals surface area contributed by atoms with Gasteiger partial charge in [0, 0.05) is 0 Å². The third-order valence-electron chi connectivity index (χ3n) is 3.47. The van der Waals surface area contributed by atoms with E-state index in [1.807, 2.05) is 0 Å². The van der Waals surface area contributed by atoms with Gasteiger partial charge in [-0.15, -0.1) is 5.10 Å². The van der Waals surface area contributed by atoms with Crippen molar-refractivity contribution in [3.63, 3.8) is 0 Å². The zero-order chi connectivity index (χ0) is 13.3. The van der Waals surface area contributed by atoms with Gasteiger partial charge in [-0.3, -0.25) is 0 Å². The summed E-state index contributed by atoms with van der Waals surface area (Å²) in [5, 5.41) is 15.8. The minimum Gasteiger partial charge on any atom is -0.476 e. The van der Waals surface area contributed by atoms with Gasteiger partial charge in [0.15, 0.2) is 5.69 Å². The number of nitrogens with zero attached hydrogens (tertiary/aromatic N) is 3. The first-order valence-electron chi connectivity index (χ1n) is 5.97. The molecule has 18 heavy (non-hydrogen) atoms. The largest absolute Gasteiger partial charge is 0.476 e. The van der Waals surface area contributed by atoms with Crippen LogP contribution in [0.25, 0.3) is 0 Å². The van der Waals surface area contributed by atoms with E-state index in [-0.39, 0.29) is 6.04 Å². The van der Waals surface area contributed by atoms with E-state index in [0.717, 1.165) is 30.4 Å². The highest BCUT2D eigenvalue weighted by Crippen LogP contribution is 2.34. The molecule has 0 aliphatic heterocycles. The Bertz CT molecular complexity index is 439. The summed E-state index contributed by atoms with van der Waals surface area (Å²) >= 11 is 0. The molecule has 100 valence electrons. The van der Waals surface area contributed by atoms with Crippen LogP contribution in [-0.2, 0) is 0 Å². The van der Waals surface area contributed by atoms with Crippen LogP contribution in [0.5, 0.6) is 0 Å². The molecule has 2 rings (SSSR count). The van der Waals surface area contributed by atoms with Gasteiger partial charge in [-0.25, -0.2) is 18.3 Å². The molecule has 0 atom stereocenters. The van der Waals surface area contributed by atoms with Crippen LogP contribution < -0.4 is 0 Å². The van der Waals surface area contributed by atoms with Crippen molar-refractivity contribution < 1.29 is 18.7 Å². The highest BCUT2D eigenvalue weighted by atomic mass is 19.3. The fraction of sp³-hybridized carbons (Fsp3) is 0.727. The van der Waals surface area contributed by atoms with Gasteiger partial charge in [0.1, 0.15) is 5.69 Å². The zero-order valence-electron chi connectivity index (χ0n) is 10.0. The Labute approximate surface area is 103 Å². The second kappa shape index (κ2) is 4.99. The fourth-order valence-corrected chi connectivity index (χ4v) is 2.41. The number of aromatic carboxylic acids is 1. The first-order valence-corrected chi connectivity index (χ1v) is 5.97. The van der Waals surface area contributed by atoms with E-state index < -0.39 is 23.8 Å². The summed E-state index contributed by atoms with van der Waals surface area (Å²) in [5.41, 5.74) is -1.20. The van der Waals surface area contributed by atoms with Crippen molar-refractivity contribution in [1.82, 2.24) is 15.0 Å². The van der Waals surface area contributed by atoms with Crippen molar-refractivity contribution in [2.45, 2.75) is 45.1 Å². The first kappa shape index (κ1) is 12.9. The van der Waals surface area contributed by atoms with Crippen molar-refractivity contribution in [2.24, 2.45) is 5.92 Å². The van der Waals surface area contributed by atoms with Crippen LogP contribution in [0.2, 0.25) is 0 Å². The van der Waals surface area contributed by atoms with Crippen LogP contribution in [0.3, 0.4) is 0 Å². The lowest BCUT2D eigenvalue weighted by Gasteiger charge is -2.27. The number of hydrogen-bond acceptors (Lipinski definition) is 3. The molecular weight excluding hydrogens is 244 g/mol. The minimum atomic E-state index is -2.87. The Morgan fingerprint density at radius 2 is 2.00 bits per heavy atom. The summed E-state index contributed by atoms with van der Waals surface area (Å²) < 4.78 is 27.0. The lowest BCUT2D eigenvalue weighted by Crippen LogP contribution is -2.20. The van der Waals surface area contributed by atoms with E-state index in [9.17, 15) is 13.6 Å². The molecule has 5 nitrogen and oxygen atoms in total. The van der Waals surface area contributed by atoms with Crippen molar-refractivity contribution in [2.75, 3.05) is 0 Å². The second-order valence-corrected chi connectivity index (χ2v) is 4.79. The maximum Gasteiger partial charge on any atom is 0.358 e. The summed E-state index contributed by atoms with van der Waals surface area (Å²) in [6.07, 6.45) is 0.489. The van der Waals surface area contributed by atoms with Gasteiger partial charge in [0.05, 0.1) is 6.04 Å². The van der Waals surface area contributed by atoms with Gasteiger partial charge in [-0.1, -0.05) is 12.1 Å². The zero-order valence-corrected chi connectivity index (χ0v) is 10.0. The van der Waals surface area contributed by atoms with Gasteiger partial charge in [-0.2, -0.15) is 0 Å². The lowest BCUT2D eigenvalue weighted by molar-refractivity contribution is 0.0674. The molecule has 7 heteroatoms. The Hall–Kier alpha value is -1.53. The number of alkyl halides is 2. The van der Waals surface area contributed by atoms with Crippen LogP contribution in [0.15, 0.2) is 0 Å². The van der Waals surface area contributed by atoms with Crippen LogP contribution in [0.4, 0.5) is 8.78 Å². The second-order valence-electron chi connectivity index (χ2n) is 4.79. The molecule has 1 aromatic rings. The Morgan fingerprint density at radius 3 is 2.50 bits per heavy atom. The summed E-state index contributed by atoms with van der Waals surface area (Å²) in [6.45, 7) is 2.12. The Balaban J connectivity index is 2.30. The number of carboxylic acid groups (broad SMARTS) is 1. The summed E-state index contributed by atoms with van der Waals surface area (Å²) in [7, 11) is 0. The number of rotatable bonds is 3. The molecule has 0 radical (unpaired) electrons. The third-order valence-corrected chi connectivity index (χ3v) is 3.47. The average Bonchev–Trinajstić information content (AvgIpc) is 2.74. The van der Waals surface area contributed by atoms with Crippen LogP contribution in [0.1, 0.15) is 61.3 Å². The lowest BCUT2D eigenvalue weighted by atomic mass is 9.87. The van der Waals surface area contributed by atoms with Crippen LogP contribution in [0, 0.1) is 5.92 Å². The number of carbonyl (C=O) groups is 1. The molecule has 1 fully saturated rings. The van der Waals surface area contributed by atoms with Gasteiger partial charge in [0.25, 0.3) is 6.43 Å². The van der Waals surface area contributed by atoms with E-state index in [1.165, 1.54) is 0 Å². The van der Waals surface area contributed by atoms with Gasteiger partial charge < -0.3 is 5.11 Å². The topological polar surface area (TPSA) is 68.0 Å². The van der Waals surface area contributed by atoms with E-state index >= 15 is 0 Å². The number of carboxylic acids is 1. The van der Waals surface area contributed by atoms with Crippen molar-refractivity contribution in [3.05, 3.63) is 11.4 Å². The molecule has 0 unspecified atom stereocenters. The summed E-state index contributed by atoms with van der Waals surface area (Å²) in [4.78, 5) is 10.8. The van der Waals surface area contributed by atoms with E-state index in [2.05, 4.69) is 17.2 Å². The highest BCUT2D eigenvalue weighted by Gasteiger charge is 2.31. The SMILES string of the molecule is CC1CCC(n2nnc(C(=O)O)c2C(F)F)CC1. The van der Waals surface area contributed by atoms with Crippen LogP contribution in [-0.4, -0.2) is 26.1 Å². The average molecular weight is 259 g/mol. The molecule has 0 bridgehead atoms. The summed E-state index contributed by atoms with van der Waals surface area (Å²) in [6, 6.07) is -0.161. The first-order chi connectivity index (χ1) is 8.50. The van der Waals surface area contributed by atoms with E-state index in [0.29, 0.717) is 5.92 Å². The summed E-state index contributed by atoms with van der Waals surface area (Å²) in [5.74, 6) is -0.876. The minimum absolute atomic E-state index is 0.161. The molecule has 1 heterocycles. The van der Waals surface area contributed by atoms with E-state index in [4.69, 9.17) is 5.11 Å². The quantitative estimate of drug-likeness (QED) is 0.906. The number of halogens is 2. The Morgan fingerprint density at radius 1 is 1.39 bits per heavy atom.